The van der Waals surface area contributed by atoms with E-state index in [0.29, 0.717) is 25.2 Å². The van der Waals surface area contributed by atoms with Gasteiger partial charge in [-0.3, -0.25) is 9.59 Å². The molecule has 6 nitrogen and oxygen atoms in total. The van der Waals surface area contributed by atoms with Crippen molar-refractivity contribution in [2.24, 2.45) is 0 Å². The number of thiazole rings is 1. The number of rotatable bonds is 6. The lowest BCUT2D eigenvalue weighted by Crippen LogP contribution is -2.47. The number of carbonyl (C=O) groups excluding carboxylic acids is 2. The summed E-state index contributed by atoms with van der Waals surface area (Å²) in [6.07, 6.45) is 1.81. The molecule has 0 unspecified atom stereocenters. The molecule has 2 aromatic heterocycles. The second-order valence-electron chi connectivity index (χ2n) is 7.13. The molecule has 3 aromatic rings. The summed E-state index contributed by atoms with van der Waals surface area (Å²) in [6.45, 7) is 1.27. The number of amides is 2. The molecule has 1 fully saturated rings. The van der Waals surface area contributed by atoms with Crippen LogP contribution in [0.4, 0.5) is 0 Å². The second kappa shape index (κ2) is 9.40. The number of ether oxygens (including phenoxy) is 1. The number of methoxy groups -OCH3 is 1. The quantitative estimate of drug-likeness (QED) is 0.631. The van der Waals surface area contributed by atoms with E-state index in [9.17, 15) is 9.59 Å². The van der Waals surface area contributed by atoms with Gasteiger partial charge in [-0.15, -0.1) is 22.7 Å². The van der Waals surface area contributed by atoms with Gasteiger partial charge in [0, 0.05) is 30.1 Å². The minimum absolute atomic E-state index is 0.0553. The molecule has 0 bridgehead atoms. The Morgan fingerprint density at radius 2 is 1.97 bits per heavy atom. The average Bonchev–Trinajstić information content (AvgIpc) is 3.46. The van der Waals surface area contributed by atoms with Crippen molar-refractivity contribution in [1.29, 1.82) is 0 Å². The van der Waals surface area contributed by atoms with E-state index < -0.39 is 0 Å². The van der Waals surface area contributed by atoms with Crippen molar-refractivity contribution >= 4 is 34.5 Å². The van der Waals surface area contributed by atoms with Crippen molar-refractivity contribution in [3.8, 4) is 15.6 Å². The fourth-order valence-electron chi connectivity index (χ4n) is 3.55. The summed E-state index contributed by atoms with van der Waals surface area (Å²) in [5.74, 6) is 0.676. The molecule has 3 heterocycles. The Bertz CT molecular complexity index is 1010. The van der Waals surface area contributed by atoms with Gasteiger partial charge >= 0.3 is 0 Å². The van der Waals surface area contributed by atoms with Crippen LogP contribution in [0.1, 0.15) is 28.9 Å². The minimum atomic E-state index is -0.146. The van der Waals surface area contributed by atoms with E-state index in [4.69, 9.17) is 4.74 Å². The van der Waals surface area contributed by atoms with E-state index in [1.807, 2.05) is 46.7 Å². The van der Waals surface area contributed by atoms with Crippen molar-refractivity contribution < 1.29 is 14.3 Å². The average molecular weight is 442 g/mol. The van der Waals surface area contributed by atoms with E-state index in [2.05, 4.69) is 10.3 Å². The highest BCUT2D eigenvalue weighted by Crippen LogP contribution is 2.28. The number of hydrogen-bond acceptors (Lipinski definition) is 6. The summed E-state index contributed by atoms with van der Waals surface area (Å²) in [6, 6.07) is 11.6. The molecular formula is C22H23N3O3S2. The third-order valence-electron chi connectivity index (χ3n) is 5.19. The molecule has 1 saturated heterocycles. The van der Waals surface area contributed by atoms with Crippen LogP contribution in [0.15, 0.2) is 47.2 Å². The fourth-order valence-corrected chi connectivity index (χ4v) is 5.16. The lowest BCUT2D eigenvalue weighted by molar-refractivity contribution is -0.131. The summed E-state index contributed by atoms with van der Waals surface area (Å²) < 4.78 is 5.34. The molecular weight excluding hydrogens is 418 g/mol. The van der Waals surface area contributed by atoms with Gasteiger partial charge in [-0.1, -0.05) is 24.3 Å². The Morgan fingerprint density at radius 3 is 2.70 bits per heavy atom. The number of carbonyl (C=O) groups is 2. The van der Waals surface area contributed by atoms with Gasteiger partial charge in [0.15, 0.2) is 0 Å². The van der Waals surface area contributed by atoms with Gasteiger partial charge in [-0.05, 0) is 30.4 Å². The molecule has 2 amide bonds. The van der Waals surface area contributed by atoms with Gasteiger partial charge in [0.05, 0.1) is 18.4 Å². The Kier molecular flexibility index (Phi) is 6.44. The zero-order chi connectivity index (χ0) is 20.9. The lowest BCUT2D eigenvalue weighted by atomic mass is 10.0. The van der Waals surface area contributed by atoms with Crippen LogP contribution in [0.25, 0.3) is 9.88 Å². The largest absolute Gasteiger partial charge is 0.496 e. The molecule has 1 N–H and O–H groups in total. The molecule has 4 rings (SSSR count). The van der Waals surface area contributed by atoms with Crippen molar-refractivity contribution in [1.82, 2.24) is 15.2 Å². The van der Waals surface area contributed by atoms with Gasteiger partial charge in [-0.25, -0.2) is 4.98 Å². The number of hydrogen-bond donors (Lipinski definition) is 1. The van der Waals surface area contributed by atoms with Crippen LogP contribution in [0.2, 0.25) is 0 Å². The summed E-state index contributed by atoms with van der Waals surface area (Å²) in [7, 11) is 1.61. The highest BCUT2D eigenvalue weighted by molar-refractivity contribution is 7.20. The Labute approximate surface area is 183 Å². The standard InChI is InChI=1S/C22H23N3O3S2/c1-28-18-6-3-2-5-15(18)13-20(26)25-10-8-16(9-11-25)23-21(27)17-14-30-22(24-17)19-7-4-12-29-19/h2-7,12,14,16H,8-11,13H2,1H3,(H,23,27). The number of para-hydroxylation sites is 1. The second-order valence-corrected chi connectivity index (χ2v) is 8.94. The number of piperidine rings is 1. The number of thiophene rings is 1. The molecule has 0 saturated carbocycles. The molecule has 8 heteroatoms. The third kappa shape index (κ3) is 4.71. The fraction of sp³-hybridized carbons (Fsp3) is 0.318. The first-order valence-electron chi connectivity index (χ1n) is 9.84. The smallest absolute Gasteiger partial charge is 0.270 e. The maximum absolute atomic E-state index is 12.7. The number of benzene rings is 1. The molecule has 0 radical (unpaired) electrons. The summed E-state index contributed by atoms with van der Waals surface area (Å²) in [4.78, 5) is 32.6. The first kappa shape index (κ1) is 20.6. The zero-order valence-electron chi connectivity index (χ0n) is 16.7. The van der Waals surface area contributed by atoms with E-state index in [1.165, 1.54) is 11.3 Å². The maximum Gasteiger partial charge on any atom is 0.270 e. The molecule has 0 aliphatic carbocycles. The molecule has 1 aliphatic heterocycles. The Morgan fingerprint density at radius 1 is 1.17 bits per heavy atom. The van der Waals surface area contributed by atoms with Gasteiger partial charge < -0.3 is 15.0 Å². The van der Waals surface area contributed by atoms with Gasteiger partial charge in [0.25, 0.3) is 5.91 Å². The predicted octanol–water partition coefficient (Wildman–Crippen LogP) is 3.84. The molecule has 30 heavy (non-hydrogen) atoms. The Balaban J connectivity index is 1.28. The van der Waals surface area contributed by atoms with E-state index >= 15 is 0 Å². The minimum Gasteiger partial charge on any atom is -0.496 e. The van der Waals surface area contributed by atoms with Gasteiger partial charge in [-0.2, -0.15) is 0 Å². The van der Waals surface area contributed by atoms with Crippen LogP contribution < -0.4 is 10.1 Å². The van der Waals surface area contributed by atoms with Crippen LogP contribution in [-0.2, 0) is 11.2 Å². The topological polar surface area (TPSA) is 71.5 Å². The van der Waals surface area contributed by atoms with Gasteiger partial charge in [0.1, 0.15) is 16.5 Å². The third-order valence-corrected chi connectivity index (χ3v) is 7.07. The van der Waals surface area contributed by atoms with Gasteiger partial charge in [0.2, 0.25) is 5.91 Å². The number of nitrogens with zero attached hydrogens (tertiary/aromatic N) is 2. The summed E-state index contributed by atoms with van der Waals surface area (Å²) >= 11 is 3.09. The number of aromatic nitrogens is 1. The van der Waals surface area contributed by atoms with Crippen molar-refractivity contribution in [2.45, 2.75) is 25.3 Å². The SMILES string of the molecule is COc1ccccc1CC(=O)N1CCC(NC(=O)c2csc(-c3cccs3)n2)CC1. The molecule has 1 aliphatic rings. The lowest BCUT2D eigenvalue weighted by Gasteiger charge is -2.32. The molecule has 0 spiro atoms. The normalized spacial score (nSPS) is 14.5. The van der Waals surface area contributed by atoms with E-state index in [1.54, 1.807) is 23.8 Å². The number of nitrogens with one attached hydrogen (secondary N) is 1. The van der Waals surface area contributed by atoms with Crippen molar-refractivity contribution in [3.05, 3.63) is 58.4 Å². The monoisotopic (exact) mass is 441 g/mol. The summed E-state index contributed by atoms with van der Waals surface area (Å²) in [5, 5.41) is 7.74. The van der Waals surface area contributed by atoms with E-state index in [-0.39, 0.29) is 17.9 Å². The highest BCUT2D eigenvalue weighted by atomic mass is 32.1. The molecule has 0 atom stereocenters. The molecule has 156 valence electrons. The van der Waals surface area contributed by atoms with E-state index in [0.717, 1.165) is 34.0 Å². The molecule has 1 aromatic carbocycles. The van der Waals surface area contributed by atoms with Crippen LogP contribution in [0.5, 0.6) is 5.75 Å². The van der Waals surface area contributed by atoms with Crippen LogP contribution >= 0.6 is 22.7 Å². The summed E-state index contributed by atoms with van der Waals surface area (Å²) in [5.41, 5.74) is 1.35. The predicted molar refractivity (Wildman–Crippen MR) is 119 cm³/mol. The first-order valence-corrected chi connectivity index (χ1v) is 11.6. The first-order chi connectivity index (χ1) is 14.6. The van der Waals surface area contributed by atoms with Crippen molar-refractivity contribution in [3.63, 3.8) is 0 Å². The zero-order valence-corrected chi connectivity index (χ0v) is 18.3. The van der Waals surface area contributed by atoms with Crippen molar-refractivity contribution in [2.75, 3.05) is 20.2 Å². The van der Waals surface area contributed by atoms with Crippen LogP contribution in [-0.4, -0.2) is 47.9 Å². The Hall–Kier alpha value is -2.71. The highest BCUT2D eigenvalue weighted by Gasteiger charge is 2.25. The van der Waals surface area contributed by atoms with Crippen LogP contribution in [0, 0.1) is 0 Å². The number of likely N-dealkylation sites (tertiary alicyclic amines) is 1. The maximum atomic E-state index is 12.7. The van der Waals surface area contributed by atoms with Crippen LogP contribution in [0.3, 0.4) is 0 Å².